The first-order valence-corrected chi connectivity index (χ1v) is 16.7. The average molecular weight is 590 g/mol. The highest BCUT2D eigenvalue weighted by molar-refractivity contribution is 7.92. The molecule has 7 nitrogen and oxygen atoms in total. The molecule has 1 aliphatic rings. The lowest BCUT2D eigenvalue weighted by Gasteiger charge is -2.33. The van der Waals surface area contributed by atoms with E-state index in [1.807, 2.05) is 86.6 Å². The molecule has 0 bridgehead atoms. The Labute approximate surface area is 251 Å². The molecule has 0 spiro atoms. The predicted molar refractivity (Wildman–Crippen MR) is 169 cm³/mol. The zero-order valence-electron chi connectivity index (χ0n) is 25.0. The first kappa shape index (κ1) is 31.3. The molecule has 1 saturated carbocycles. The van der Waals surface area contributed by atoms with Gasteiger partial charge >= 0.3 is 0 Å². The molecule has 1 atom stereocenters. The molecule has 224 valence electrons. The van der Waals surface area contributed by atoms with E-state index >= 15 is 0 Å². The number of nitrogens with one attached hydrogen (secondary N) is 1. The summed E-state index contributed by atoms with van der Waals surface area (Å²) in [6, 6.07) is 24.5. The number of amides is 2. The van der Waals surface area contributed by atoms with E-state index < -0.39 is 16.1 Å². The van der Waals surface area contributed by atoms with Crippen molar-refractivity contribution in [3.63, 3.8) is 0 Å². The molecule has 3 aromatic rings. The van der Waals surface area contributed by atoms with Crippen molar-refractivity contribution in [3.8, 4) is 0 Å². The van der Waals surface area contributed by atoms with Gasteiger partial charge in [0.2, 0.25) is 21.8 Å². The number of benzene rings is 3. The second-order valence-electron chi connectivity index (χ2n) is 11.4. The Morgan fingerprint density at radius 1 is 0.881 bits per heavy atom. The molecule has 2 amide bonds. The van der Waals surface area contributed by atoms with E-state index in [-0.39, 0.29) is 30.8 Å². The lowest BCUT2D eigenvalue weighted by molar-refractivity contribution is -0.141. The minimum absolute atomic E-state index is 0.117. The van der Waals surface area contributed by atoms with Crippen LogP contribution in [0.2, 0.25) is 0 Å². The topological polar surface area (TPSA) is 86.8 Å². The van der Waals surface area contributed by atoms with Gasteiger partial charge in [0.15, 0.2) is 0 Å². The van der Waals surface area contributed by atoms with Gasteiger partial charge in [-0.1, -0.05) is 85.6 Å². The van der Waals surface area contributed by atoms with Gasteiger partial charge in [0.05, 0.1) is 11.9 Å². The number of aryl methyl sites for hydroxylation is 2. The highest BCUT2D eigenvalue weighted by Gasteiger charge is 2.32. The summed E-state index contributed by atoms with van der Waals surface area (Å²) in [5, 5.41) is 3.24. The van der Waals surface area contributed by atoms with Crippen molar-refractivity contribution in [2.24, 2.45) is 0 Å². The van der Waals surface area contributed by atoms with Gasteiger partial charge in [-0.3, -0.25) is 13.9 Å². The van der Waals surface area contributed by atoms with Crippen LogP contribution >= 0.6 is 0 Å². The standard InChI is InChI=1S/C34H43N3O4S/c1-26-14-7-9-18-29(26)25-36(32(24-28-16-5-4-6-17-28)34(39)35-30-19-10-11-20-30)33(38)22-13-23-37(42(3,40)41)31-21-12-8-15-27(31)2/h4-9,12,14-18,21,30,32H,10-11,13,19-20,22-25H2,1-3H3,(H,35,39)/t32-/m0/s1. The molecule has 4 rings (SSSR count). The summed E-state index contributed by atoms with van der Waals surface area (Å²) >= 11 is 0. The normalized spacial score (nSPS) is 14.4. The van der Waals surface area contributed by atoms with Crippen LogP contribution in [0.3, 0.4) is 0 Å². The number of nitrogens with zero attached hydrogens (tertiary/aromatic N) is 2. The molecule has 0 unspecified atom stereocenters. The average Bonchev–Trinajstić information content (AvgIpc) is 3.47. The minimum Gasteiger partial charge on any atom is -0.352 e. The Morgan fingerprint density at radius 3 is 2.14 bits per heavy atom. The lowest BCUT2D eigenvalue weighted by atomic mass is 10.0. The highest BCUT2D eigenvalue weighted by Crippen LogP contribution is 2.24. The maximum absolute atomic E-state index is 14.0. The molecule has 1 N–H and O–H groups in total. The Morgan fingerprint density at radius 2 is 1.50 bits per heavy atom. The van der Waals surface area contributed by atoms with Gasteiger partial charge in [0.25, 0.3) is 0 Å². The third-order valence-electron chi connectivity index (χ3n) is 8.11. The van der Waals surface area contributed by atoms with Crippen LogP contribution < -0.4 is 9.62 Å². The zero-order chi connectivity index (χ0) is 30.1. The van der Waals surface area contributed by atoms with Crippen LogP contribution in [0.1, 0.15) is 60.8 Å². The van der Waals surface area contributed by atoms with E-state index in [0.29, 0.717) is 25.1 Å². The molecule has 3 aromatic carbocycles. The van der Waals surface area contributed by atoms with E-state index in [9.17, 15) is 18.0 Å². The number of carbonyl (C=O) groups is 2. The van der Waals surface area contributed by atoms with Crippen LogP contribution in [-0.2, 0) is 32.6 Å². The fraction of sp³-hybridized carbons (Fsp3) is 0.412. The van der Waals surface area contributed by atoms with Crippen molar-refractivity contribution >= 4 is 27.5 Å². The quantitative estimate of drug-likeness (QED) is 0.283. The van der Waals surface area contributed by atoms with Gasteiger partial charge < -0.3 is 10.2 Å². The molecule has 0 radical (unpaired) electrons. The van der Waals surface area contributed by atoms with Gasteiger partial charge in [-0.15, -0.1) is 0 Å². The number of para-hydroxylation sites is 1. The van der Waals surface area contributed by atoms with Gasteiger partial charge in [-0.2, -0.15) is 0 Å². The van der Waals surface area contributed by atoms with Gasteiger partial charge in [-0.05, 0) is 61.4 Å². The van der Waals surface area contributed by atoms with Crippen molar-refractivity contribution in [1.82, 2.24) is 10.2 Å². The molecule has 0 aromatic heterocycles. The Bertz CT molecular complexity index is 1450. The van der Waals surface area contributed by atoms with E-state index in [0.717, 1.165) is 47.9 Å². The number of hydrogen-bond donors (Lipinski definition) is 1. The summed E-state index contributed by atoms with van der Waals surface area (Å²) in [5.74, 6) is -0.302. The van der Waals surface area contributed by atoms with Crippen LogP contribution in [0, 0.1) is 13.8 Å². The fourth-order valence-corrected chi connectivity index (χ4v) is 6.74. The van der Waals surface area contributed by atoms with Crippen LogP contribution in [-0.4, -0.2) is 50.0 Å². The third-order valence-corrected chi connectivity index (χ3v) is 9.29. The van der Waals surface area contributed by atoms with Crippen LogP contribution in [0.25, 0.3) is 0 Å². The van der Waals surface area contributed by atoms with Crippen molar-refractivity contribution in [3.05, 3.63) is 101 Å². The Hall–Kier alpha value is -3.65. The van der Waals surface area contributed by atoms with Crippen molar-refractivity contribution in [2.75, 3.05) is 17.1 Å². The summed E-state index contributed by atoms with van der Waals surface area (Å²) in [7, 11) is -3.55. The van der Waals surface area contributed by atoms with Crippen LogP contribution in [0.5, 0.6) is 0 Å². The maximum Gasteiger partial charge on any atom is 0.243 e. The van der Waals surface area contributed by atoms with E-state index in [2.05, 4.69) is 5.32 Å². The number of rotatable bonds is 13. The smallest absolute Gasteiger partial charge is 0.243 e. The number of hydrogen-bond acceptors (Lipinski definition) is 4. The molecule has 1 fully saturated rings. The van der Waals surface area contributed by atoms with Crippen molar-refractivity contribution < 1.29 is 18.0 Å². The first-order chi connectivity index (χ1) is 20.1. The van der Waals surface area contributed by atoms with Crippen LogP contribution in [0.4, 0.5) is 5.69 Å². The summed E-state index contributed by atoms with van der Waals surface area (Å²) in [6.45, 7) is 4.36. The SMILES string of the molecule is Cc1ccccc1CN(C(=O)CCCN(c1ccccc1C)S(C)(=O)=O)[C@@H](Cc1ccccc1)C(=O)NC1CCCC1. The molecule has 42 heavy (non-hydrogen) atoms. The predicted octanol–water partition coefficient (Wildman–Crippen LogP) is 5.55. The summed E-state index contributed by atoms with van der Waals surface area (Å²) in [4.78, 5) is 29.6. The largest absolute Gasteiger partial charge is 0.352 e. The molecule has 0 aliphatic heterocycles. The van der Waals surface area contributed by atoms with Crippen molar-refractivity contribution in [2.45, 2.75) is 77.4 Å². The zero-order valence-corrected chi connectivity index (χ0v) is 25.8. The van der Waals surface area contributed by atoms with Crippen LogP contribution in [0.15, 0.2) is 78.9 Å². The molecule has 8 heteroatoms. The summed E-state index contributed by atoms with van der Waals surface area (Å²) < 4.78 is 26.8. The number of anilines is 1. The lowest BCUT2D eigenvalue weighted by Crippen LogP contribution is -2.52. The monoisotopic (exact) mass is 589 g/mol. The number of sulfonamides is 1. The van der Waals surface area contributed by atoms with E-state index in [4.69, 9.17) is 0 Å². The first-order valence-electron chi connectivity index (χ1n) is 14.8. The highest BCUT2D eigenvalue weighted by atomic mass is 32.2. The van der Waals surface area contributed by atoms with Crippen molar-refractivity contribution in [1.29, 1.82) is 0 Å². The summed E-state index contributed by atoms with van der Waals surface area (Å²) in [6.07, 6.45) is 6.13. The maximum atomic E-state index is 14.0. The fourth-order valence-electron chi connectivity index (χ4n) is 5.72. The molecule has 1 aliphatic carbocycles. The second kappa shape index (κ2) is 14.5. The third kappa shape index (κ3) is 8.44. The van der Waals surface area contributed by atoms with Gasteiger partial charge in [0, 0.05) is 32.0 Å². The second-order valence-corrected chi connectivity index (χ2v) is 13.3. The molecule has 0 heterocycles. The van der Waals surface area contributed by atoms with Gasteiger partial charge in [0.1, 0.15) is 6.04 Å². The minimum atomic E-state index is -3.55. The van der Waals surface area contributed by atoms with E-state index in [1.165, 1.54) is 10.6 Å². The van der Waals surface area contributed by atoms with Gasteiger partial charge in [-0.25, -0.2) is 8.42 Å². The number of carbonyl (C=O) groups excluding carboxylic acids is 2. The Balaban J connectivity index is 1.60. The Kier molecular flexibility index (Phi) is 10.8. The molecular formula is C34H43N3O4S. The van der Waals surface area contributed by atoms with E-state index in [1.54, 1.807) is 11.0 Å². The summed E-state index contributed by atoms with van der Waals surface area (Å²) in [5.41, 5.74) is 4.47. The molecule has 0 saturated heterocycles. The molecular weight excluding hydrogens is 546 g/mol.